The van der Waals surface area contributed by atoms with Crippen LogP contribution in [0.25, 0.3) is 0 Å². The van der Waals surface area contributed by atoms with Gasteiger partial charge in [-0.3, -0.25) is 0 Å². The Bertz CT molecular complexity index is 254. The second-order valence-corrected chi connectivity index (χ2v) is 2.27. The van der Waals surface area contributed by atoms with Crippen molar-refractivity contribution in [1.29, 1.82) is 0 Å². The standard InChI is InChI=1S/C7H8FNO3/c8-5-1-3-6(4-2-5)9-7(10,11)12/h1-4,9-12H. The fourth-order valence-electron chi connectivity index (χ4n) is 0.727. The summed E-state index contributed by atoms with van der Waals surface area (Å²) in [5, 5.41) is 27.2. The lowest BCUT2D eigenvalue weighted by Crippen LogP contribution is -2.36. The molecule has 1 aromatic carbocycles. The molecule has 0 spiro atoms. The van der Waals surface area contributed by atoms with Crippen LogP contribution in [0.15, 0.2) is 24.3 Å². The Hall–Kier alpha value is -1.17. The lowest BCUT2D eigenvalue weighted by molar-refractivity contribution is -0.289. The first-order valence-electron chi connectivity index (χ1n) is 3.18. The van der Waals surface area contributed by atoms with Crippen molar-refractivity contribution in [3.05, 3.63) is 30.1 Å². The van der Waals surface area contributed by atoms with Gasteiger partial charge >= 0.3 is 6.10 Å². The fraction of sp³-hybridized carbons (Fsp3) is 0.143. The van der Waals surface area contributed by atoms with E-state index in [0.29, 0.717) is 0 Å². The van der Waals surface area contributed by atoms with Gasteiger partial charge in [-0.25, -0.2) is 4.39 Å². The second kappa shape index (κ2) is 3.06. The quantitative estimate of drug-likeness (QED) is 0.468. The molecule has 4 nitrogen and oxygen atoms in total. The van der Waals surface area contributed by atoms with Crippen LogP contribution in [0, 0.1) is 5.82 Å². The van der Waals surface area contributed by atoms with Crippen LogP contribution in [0.2, 0.25) is 0 Å². The van der Waals surface area contributed by atoms with Crippen LogP contribution in [-0.2, 0) is 0 Å². The van der Waals surface area contributed by atoms with Gasteiger partial charge in [0.2, 0.25) is 0 Å². The number of nitrogens with one attached hydrogen (secondary N) is 1. The van der Waals surface area contributed by atoms with Crippen molar-refractivity contribution in [3.8, 4) is 0 Å². The van der Waals surface area contributed by atoms with Crippen LogP contribution in [-0.4, -0.2) is 21.4 Å². The van der Waals surface area contributed by atoms with E-state index in [4.69, 9.17) is 15.3 Å². The maximum atomic E-state index is 12.3. The maximum Gasteiger partial charge on any atom is 0.367 e. The first-order chi connectivity index (χ1) is 5.47. The topological polar surface area (TPSA) is 72.7 Å². The van der Waals surface area contributed by atoms with Crippen LogP contribution >= 0.6 is 0 Å². The molecule has 0 atom stereocenters. The van der Waals surface area contributed by atoms with E-state index in [-0.39, 0.29) is 5.69 Å². The minimum atomic E-state index is -2.97. The third kappa shape index (κ3) is 2.83. The predicted molar refractivity (Wildman–Crippen MR) is 39.4 cm³/mol. The largest absolute Gasteiger partial charge is 0.367 e. The Labute approximate surface area is 67.9 Å². The van der Waals surface area contributed by atoms with Gasteiger partial charge in [0, 0.05) is 5.69 Å². The molecule has 0 radical (unpaired) electrons. The Balaban J connectivity index is 2.71. The van der Waals surface area contributed by atoms with Crippen LogP contribution in [0.5, 0.6) is 0 Å². The Morgan fingerprint density at radius 2 is 1.58 bits per heavy atom. The Morgan fingerprint density at radius 3 is 2.00 bits per heavy atom. The summed E-state index contributed by atoms with van der Waals surface area (Å²) in [5.74, 6) is -0.444. The summed E-state index contributed by atoms with van der Waals surface area (Å²) in [4.78, 5) is 0. The highest BCUT2D eigenvalue weighted by Crippen LogP contribution is 2.10. The van der Waals surface area contributed by atoms with Crippen molar-refractivity contribution in [2.45, 2.75) is 6.10 Å². The number of anilines is 1. The van der Waals surface area contributed by atoms with Crippen LogP contribution in [0.3, 0.4) is 0 Å². The molecule has 1 rings (SSSR count). The molecule has 12 heavy (non-hydrogen) atoms. The molecule has 0 aliphatic heterocycles. The molecular formula is C7H8FNO3. The zero-order valence-corrected chi connectivity index (χ0v) is 6.03. The van der Waals surface area contributed by atoms with Crippen LogP contribution in [0.1, 0.15) is 0 Å². The van der Waals surface area contributed by atoms with E-state index in [1.165, 1.54) is 12.1 Å². The Morgan fingerprint density at radius 1 is 1.08 bits per heavy atom. The summed E-state index contributed by atoms with van der Waals surface area (Å²) in [5.41, 5.74) is 0.198. The van der Waals surface area contributed by atoms with Crippen LogP contribution in [0.4, 0.5) is 10.1 Å². The van der Waals surface area contributed by atoms with E-state index < -0.39 is 11.9 Å². The van der Waals surface area contributed by atoms with Crippen molar-refractivity contribution in [2.75, 3.05) is 5.32 Å². The molecule has 1 aromatic rings. The molecule has 0 heterocycles. The van der Waals surface area contributed by atoms with Gasteiger partial charge in [0.25, 0.3) is 0 Å². The zero-order valence-electron chi connectivity index (χ0n) is 6.03. The van der Waals surface area contributed by atoms with Gasteiger partial charge in [-0.05, 0) is 24.3 Å². The van der Waals surface area contributed by atoms with Crippen molar-refractivity contribution in [2.24, 2.45) is 0 Å². The first-order valence-corrected chi connectivity index (χ1v) is 3.18. The molecule has 0 unspecified atom stereocenters. The third-order valence-corrected chi connectivity index (χ3v) is 1.16. The van der Waals surface area contributed by atoms with Gasteiger partial charge < -0.3 is 20.6 Å². The van der Waals surface area contributed by atoms with Crippen LogP contribution < -0.4 is 5.32 Å². The molecule has 0 bridgehead atoms. The second-order valence-electron chi connectivity index (χ2n) is 2.27. The average molecular weight is 173 g/mol. The molecule has 0 aliphatic rings. The smallest absolute Gasteiger partial charge is 0.325 e. The number of hydrogen-bond acceptors (Lipinski definition) is 4. The zero-order chi connectivity index (χ0) is 9.19. The molecule has 0 fully saturated rings. The lowest BCUT2D eigenvalue weighted by Gasteiger charge is -2.16. The molecule has 0 amide bonds. The molecule has 66 valence electrons. The normalized spacial score (nSPS) is 11.3. The van der Waals surface area contributed by atoms with Crippen molar-refractivity contribution in [1.82, 2.24) is 0 Å². The van der Waals surface area contributed by atoms with Gasteiger partial charge in [0.15, 0.2) is 0 Å². The first kappa shape index (κ1) is 8.92. The summed E-state index contributed by atoms with van der Waals surface area (Å²) in [6, 6.07) is 4.75. The highest BCUT2D eigenvalue weighted by molar-refractivity contribution is 5.43. The van der Waals surface area contributed by atoms with Gasteiger partial charge in [-0.2, -0.15) is 0 Å². The van der Waals surface area contributed by atoms with E-state index in [9.17, 15) is 4.39 Å². The minimum absolute atomic E-state index is 0.198. The van der Waals surface area contributed by atoms with E-state index in [1.54, 1.807) is 0 Å². The monoisotopic (exact) mass is 173 g/mol. The molecule has 0 aliphatic carbocycles. The summed E-state index contributed by atoms with van der Waals surface area (Å²) in [7, 11) is 0. The van der Waals surface area contributed by atoms with E-state index >= 15 is 0 Å². The van der Waals surface area contributed by atoms with E-state index in [0.717, 1.165) is 12.1 Å². The molecule has 0 aromatic heterocycles. The SMILES string of the molecule is OC(O)(O)Nc1ccc(F)cc1. The van der Waals surface area contributed by atoms with Gasteiger partial charge in [-0.15, -0.1) is 0 Å². The summed E-state index contributed by atoms with van der Waals surface area (Å²) in [6.45, 7) is 0. The van der Waals surface area contributed by atoms with Crippen molar-refractivity contribution >= 4 is 5.69 Å². The van der Waals surface area contributed by atoms with Gasteiger partial charge in [0.05, 0.1) is 0 Å². The highest BCUT2D eigenvalue weighted by atomic mass is 19.1. The molecular weight excluding hydrogens is 165 g/mol. The number of rotatable bonds is 2. The maximum absolute atomic E-state index is 12.3. The van der Waals surface area contributed by atoms with E-state index in [2.05, 4.69) is 0 Å². The molecule has 4 N–H and O–H groups in total. The molecule has 5 heteroatoms. The van der Waals surface area contributed by atoms with E-state index in [1.807, 2.05) is 5.32 Å². The van der Waals surface area contributed by atoms with Gasteiger partial charge in [-0.1, -0.05) is 0 Å². The number of halogens is 1. The highest BCUT2D eigenvalue weighted by Gasteiger charge is 2.16. The Kier molecular flexibility index (Phi) is 2.27. The molecule has 0 saturated carbocycles. The van der Waals surface area contributed by atoms with Crippen molar-refractivity contribution in [3.63, 3.8) is 0 Å². The number of aliphatic hydroxyl groups is 3. The number of benzene rings is 1. The summed E-state index contributed by atoms with van der Waals surface area (Å²) < 4.78 is 12.3. The fourth-order valence-corrected chi connectivity index (χ4v) is 0.727. The summed E-state index contributed by atoms with van der Waals surface area (Å²) in [6.07, 6.45) is -2.97. The molecule has 0 saturated heterocycles. The minimum Gasteiger partial charge on any atom is -0.325 e. The average Bonchev–Trinajstić information content (AvgIpc) is 1.91. The van der Waals surface area contributed by atoms with Crippen molar-refractivity contribution < 1.29 is 19.7 Å². The third-order valence-electron chi connectivity index (χ3n) is 1.16. The summed E-state index contributed by atoms with van der Waals surface area (Å²) >= 11 is 0. The lowest BCUT2D eigenvalue weighted by atomic mass is 10.3. The predicted octanol–water partition coefficient (Wildman–Crippen LogP) is -0.174. The number of hydrogen-bond donors (Lipinski definition) is 4. The van der Waals surface area contributed by atoms with Gasteiger partial charge in [0.1, 0.15) is 5.82 Å².